The molecule has 76 valence electrons. The van der Waals surface area contributed by atoms with Gasteiger partial charge in [0, 0.05) is 17.1 Å². The second-order valence-corrected chi connectivity index (χ2v) is 3.84. The zero-order valence-electron chi connectivity index (χ0n) is 7.88. The van der Waals surface area contributed by atoms with E-state index < -0.39 is 4.92 Å². The van der Waals surface area contributed by atoms with Crippen LogP contribution in [0.3, 0.4) is 0 Å². The largest absolute Gasteiger partial charge is 0.290 e. The van der Waals surface area contributed by atoms with Crippen molar-refractivity contribution in [2.45, 2.75) is 6.92 Å². The predicted octanol–water partition coefficient (Wildman–Crippen LogP) is 2.42. The van der Waals surface area contributed by atoms with Gasteiger partial charge in [-0.25, -0.2) is 9.97 Å². The van der Waals surface area contributed by atoms with Crippen LogP contribution >= 0.6 is 11.3 Å². The Bertz CT molecular complexity index is 496. The van der Waals surface area contributed by atoms with Gasteiger partial charge in [-0.05, 0) is 13.0 Å². The second kappa shape index (κ2) is 3.74. The molecule has 0 spiro atoms. The summed E-state index contributed by atoms with van der Waals surface area (Å²) >= 11 is 1.46. The van der Waals surface area contributed by atoms with E-state index >= 15 is 0 Å². The Morgan fingerprint density at radius 1 is 1.47 bits per heavy atom. The Labute approximate surface area is 89.6 Å². The number of thiazole rings is 1. The standard InChI is InChI=1S/C9H7N3O2S/c1-6-4-7(9-10-2-3-15-9)11-5-8(6)12(13)14/h2-5H,1H3. The fourth-order valence-electron chi connectivity index (χ4n) is 1.21. The van der Waals surface area contributed by atoms with E-state index in [0.717, 1.165) is 5.01 Å². The van der Waals surface area contributed by atoms with Crippen molar-refractivity contribution >= 4 is 17.0 Å². The molecule has 0 aliphatic heterocycles. The van der Waals surface area contributed by atoms with Crippen LogP contribution in [-0.4, -0.2) is 14.9 Å². The van der Waals surface area contributed by atoms with E-state index in [1.54, 1.807) is 19.2 Å². The minimum Gasteiger partial charge on any atom is -0.258 e. The van der Waals surface area contributed by atoms with Crippen molar-refractivity contribution in [2.75, 3.05) is 0 Å². The fourth-order valence-corrected chi connectivity index (χ4v) is 1.81. The quantitative estimate of drug-likeness (QED) is 0.576. The van der Waals surface area contributed by atoms with Crippen LogP contribution < -0.4 is 0 Å². The lowest BCUT2D eigenvalue weighted by molar-refractivity contribution is -0.385. The highest BCUT2D eigenvalue weighted by Gasteiger charge is 2.12. The summed E-state index contributed by atoms with van der Waals surface area (Å²) in [4.78, 5) is 18.2. The van der Waals surface area contributed by atoms with Gasteiger partial charge >= 0.3 is 0 Å². The maximum Gasteiger partial charge on any atom is 0.290 e. The van der Waals surface area contributed by atoms with Gasteiger partial charge in [0.25, 0.3) is 5.69 Å². The van der Waals surface area contributed by atoms with Crippen LogP contribution in [0.2, 0.25) is 0 Å². The Hall–Kier alpha value is -1.82. The molecule has 0 bridgehead atoms. The van der Waals surface area contributed by atoms with Crippen LogP contribution in [0.1, 0.15) is 5.56 Å². The maximum atomic E-state index is 10.6. The Balaban J connectivity index is 2.47. The summed E-state index contributed by atoms with van der Waals surface area (Å²) in [7, 11) is 0. The van der Waals surface area contributed by atoms with Crippen LogP contribution in [0.25, 0.3) is 10.7 Å². The van der Waals surface area contributed by atoms with E-state index in [1.807, 2.05) is 5.38 Å². The average molecular weight is 221 g/mol. The van der Waals surface area contributed by atoms with Crippen molar-refractivity contribution in [3.63, 3.8) is 0 Å². The van der Waals surface area contributed by atoms with Crippen molar-refractivity contribution in [1.29, 1.82) is 0 Å². The number of rotatable bonds is 2. The first kappa shape index (κ1) is 9.72. The van der Waals surface area contributed by atoms with Crippen molar-refractivity contribution in [3.8, 4) is 10.7 Å². The summed E-state index contributed by atoms with van der Waals surface area (Å²) in [5.41, 5.74) is 1.31. The highest BCUT2D eigenvalue weighted by Crippen LogP contribution is 2.24. The molecule has 0 amide bonds. The molecule has 0 aromatic carbocycles. The third-order valence-corrected chi connectivity index (χ3v) is 2.73. The zero-order valence-corrected chi connectivity index (χ0v) is 8.69. The molecular weight excluding hydrogens is 214 g/mol. The van der Waals surface area contributed by atoms with Gasteiger partial charge in [-0.2, -0.15) is 0 Å². The summed E-state index contributed by atoms with van der Waals surface area (Å²) in [6.45, 7) is 1.69. The Kier molecular flexibility index (Phi) is 2.42. The summed E-state index contributed by atoms with van der Waals surface area (Å²) < 4.78 is 0. The van der Waals surface area contributed by atoms with E-state index in [0.29, 0.717) is 11.3 Å². The molecule has 0 unspecified atom stereocenters. The van der Waals surface area contributed by atoms with Crippen molar-refractivity contribution in [2.24, 2.45) is 0 Å². The highest BCUT2D eigenvalue weighted by atomic mass is 32.1. The molecule has 2 aromatic rings. The minimum atomic E-state index is -0.437. The summed E-state index contributed by atoms with van der Waals surface area (Å²) in [5, 5.41) is 13.2. The summed E-state index contributed by atoms with van der Waals surface area (Å²) in [6.07, 6.45) is 2.95. The first-order valence-corrected chi connectivity index (χ1v) is 5.07. The minimum absolute atomic E-state index is 0.0373. The van der Waals surface area contributed by atoms with Gasteiger partial charge < -0.3 is 0 Å². The van der Waals surface area contributed by atoms with E-state index in [-0.39, 0.29) is 5.69 Å². The first-order chi connectivity index (χ1) is 7.18. The van der Waals surface area contributed by atoms with Gasteiger partial charge in [-0.15, -0.1) is 11.3 Å². The van der Waals surface area contributed by atoms with Crippen LogP contribution in [0.5, 0.6) is 0 Å². The number of nitrogens with zero attached hydrogens (tertiary/aromatic N) is 3. The molecule has 0 aliphatic rings. The summed E-state index contributed by atoms with van der Waals surface area (Å²) in [6, 6.07) is 1.68. The molecule has 2 aromatic heterocycles. The zero-order chi connectivity index (χ0) is 10.8. The van der Waals surface area contributed by atoms with Gasteiger partial charge in [0.2, 0.25) is 0 Å². The number of aryl methyl sites for hydroxylation is 1. The molecule has 6 heteroatoms. The highest BCUT2D eigenvalue weighted by molar-refractivity contribution is 7.13. The molecule has 0 N–H and O–H groups in total. The van der Waals surface area contributed by atoms with Gasteiger partial charge in [0.05, 0.1) is 10.6 Å². The average Bonchev–Trinajstić information content (AvgIpc) is 2.69. The van der Waals surface area contributed by atoms with Crippen LogP contribution in [0.4, 0.5) is 5.69 Å². The molecule has 0 aliphatic carbocycles. The van der Waals surface area contributed by atoms with Crippen LogP contribution in [-0.2, 0) is 0 Å². The van der Waals surface area contributed by atoms with Gasteiger partial charge in [0.15, 0.2) is 0 Å². The van der Waals surface area contributed by atoms with Crippen molar-refractivity contribution in [3.05, 3.63) is 39.5 Å². The maximum absolute atomic E-state index is 10.6. The molecule has 0 saturated heterocycles. The van der Waals surface area contributed by atoms with Crippen LogP contribution in [0.15, 0.2) is 23.8 Å². The van der Waals surface area contributed by atoms with Crippen molar-refractivity contribution in [1.82, 2.24) is 9.97 Å². The van der Waals surface area contributed by atoms with E-state index in [4.69, 9.17) is 0 Å². The molecule has 2 rings (SSSR count). The van der Waals surface area contributed by atoms with Gasteiger partial charge in [-0.1, -0.05) is 0 Å². The lowest BCUT2D eigenvalue weighted by Gasteiger charge is -1.98. The Morgan fingerprint density at radius 2 is 2.27 bits per heavy atom. The molecule has 0 saturated carbocycles. The normalized spacial score (nSPS) is 10.2. The Morgan fingerprint density at radius 3 is 2.80 bits per heavy atom. The van der Waals surface area contributed by atoms with E-state index in [9.17, 15) is 10.1 Å². The fraction of sp³-hybridized carbons (Fsp3) is 0.111. The third-order valence-electron chi connectivity index (χ3n) is 1.93. The SMILES string of the molecule is Cc1cc(-c2nccs2)ncc1[N+](=O)[O-]. The lowest BCUT2D eigenvalue weighted by Crippen LogP contribution is -1.94. The molecule has 0 atom stereocenters. The smallest absolute Gasteiger partial charge is 0.258 e. The molecule has 0 radical (unpaired) electrons. The van der Waals surface area contributed by atoms with Crippen LogP contribution in [0, 0.1) is 17.0 Å². The molecular formula is C9H7N3O2S. The molecule has 0 fully saturated rings. The number of nitro groups is 1. The predicted molar refractivity (Wildman–Crippen MR) is 56.7 cm³/mol. The monoisotopic (exact) mass is 221 g/mol. The summed E-state index contributed by atoms with van der Waals surface area (Å²) in [5.74, 6) is 0. The van der Waals surface area contributed by atoms with Crippen molar-refractivity contribution < 1.29 is 4.92 Å². The van der Waals surface area contributed by atoms with E-state index in [1.165, 1.54) is 17.5 Å². The number of hydrogen-bond acceptors (Lipinski definition) is 5. The second-order valence-electron chi connectivity index (χ2n) is 2.95. The van der Waals surface area contributed by atoms with E-state index in [2.05, 4.69) is 9.97 Å². The molecule has 15 heavy (non-hydrogen) atoms. The topological polar surface area (TPSA) is 68.9 Å². The first-order valence-electron chi connectivity index (χ1n) is 4.19. The third kappa shape index (κ3) is 1.84. The lowest BCUT2D eigenvalue weighted by atomic mass is 10.2. The van der Waals surface area contributed by atoms with Gasteiger partial charge in [0.1, 0.15) is 11.2 Å². The van der Waals surface area contributed by atoms with Gasteiger partial charge in [-0.3, -0.25) is 10.1 Å². The molecule has 5 nitrogen and oxygen atoms in total. The molecule has 2 heterocycles. The number of pyridine rings is 1. The number of hydrogen-bond donors (Lipinski definition) is 0. The number of aromatic nitrogens is 2.